The molecule has 2 aliphatic rings. The van der Waals surface area contributed by atoms with Crippen LogP contribution in [0.2, 0.25) is 5.02 Å². The fraction of sp³-hybridized carbons (Fsp3) is 0.588. The second-order valence-corrected chi connectivity index (χ2v) is 9.18. The Labute approximate surface area is 148 Å². The number of halogens is 1. The molecule has 1 unspecified atom stereocenters. The molecular formula is C17H23ClN2O3S. The van der Waals surface area contributed by atoms with Gasteiger partial charge in [-0.25, -0.2) is 8.42 Å². The van der Waals surface area contributed by atoms with Crippen LogP contribution in [0.4, 0.5) is 5.69 Å². The molecule has 1 atom stereocenters. The number of hydrogen-bond donors (Lipinski definition) is 0. The van der Waals surface area contributed by atoms with Crippen molar-refractivity contribution in [3.8, 4) is 0 Å². The highest BCUT2D eigenvalue weighted by atomic mass is 35.5. The van der Waals surface area contributed by atoms with Gasteiger partial charge in [-0.2, -0.15) is 0 Å². The summed E-state index contributed by atoms with van der Waals surface area (Å²) in [4.78, 5) is 14.7. The van der Waals surface area contributed by atoms with Crippen LogP contribution in [0.25, 0.3) is 0 Å². The predicted molar refractivity (Wildman–Crippen MR) is 96.1 cm³/mol. The number of benzene rings is 1. The summed E-state index contributed by atoms with van der Waals surface area (Å²) < 4.78 is 26.0. The highest BCUT2D eigenvalue weighted by Crippen LogP contribution is 2.29. The zero-order valence-electron chi connectivity index (χ0n) is 13.9. The molecule has 1 aromatic rings. The Balaban J connectivity index is 1.90. The summed E-state index contributed by atoms with van der Waals surface area (Å²) >= 11 is 6.24. The summed E-state index contributed by atoms with van der Waals surface area (Å²) in [6.45, 7) is 4.04. The normalized spacial score (nSPS) is 24.0. The van der Waals surface area contributed by atoms with Crippen LogP contribution < -0.4 is 4.31 Å². The second-order valence-electron chi connectivity index (χ2n) is 6.76. The van der Waals surface area contributed by atoms with Gasteiger partial charge in [0.2, 0.25) is 10.0 Å². The molecule has 2 heterocycles. The third-order valence-electron chi connectivity index (χ3n) is 4.76. The minimum absolute atomic E-state index is 0.109. The van der Waals surface area contributed by atoms with Gasteiger partial charge in [-0.3, -0.25) is 9.10 Å². The van der Waals surface area contributed by atoms with Crippen molar-refractivity contribution in [1.82, 2.24) is 4.90 Å². The Bertz CT molecular complexity index is 735. The van der Waals surface area contributed by atoms with E-state index < -0.39 is 10.0 Å². The molecule has 0 aliphatic carbocycles. The van der Waals surface area contributed by atoms with Crippen LogP contribution in [0.5, 0.6) is 0 Å². The Kier molecular flexibility index (Phi) is 5.06. The first kappa shape index (κ1) is 17.5. The van der Waals surface area contributed by atoms with Crippen molar-refractivity contribution in [1.29, 1.82) is 0 Å². The van der Waals surface area contributed by atoms with Crippen molar-refractivity contribution in [3.05, 3.63) is 28.8 Å². The second kappa shape index (κ2) is 6.92. The van der Waals surface area contributed by atoms with E-state index in [1.807, 2.05) is 4.90 Å². The number of nitrogens with zero attached hydrogens (tertiary/aromatic N) is 2. The molecule has 0 N–H and O–H groups in total. The maximum Gasteiger partial charge on any atom is 0.255 e. The zero-order valence-corrected chi connectivity index (χ0v) is 15.4. The Morgan fingerprint density at radius 1 is 1.21 bits per heavy atom. The smallest absolute Gasteiger partial charge is 0.255 e. The number of sulfonamides is 1. The molecule has 0 aromatic heterocycles. The van der Waals surface area contributed by atoms with Gasteiger partial charge in [0.1, 0.15) is 0 Å². The lowest BCUT2D eigenvalue weighted by Gasteiger charge is -2.32. The number of rotatable bonds is 2. The molecule has 3 rings (SSSR count). The minimum Gasteiger partial charge on any atom is -0.338 e. The monoisotopic (exact) mass is 370 g/mol. The van der Waals surface area contributed by atoms with Crippen molar-refractivity contribution >= 4 is 33.2 Å². The summed E-state index contributed by atoms with van der Waals surface area (Å²) in [5, 5.41) is 0.372. The van der Waals surface area contributed by atoms with Gasteiger partial charge in [-0.1, -0.05) is 18.5 Å². The molecule has 2 fully saturated rings. The number of carbonyl (C=O) groups excluding carboxylic acids is 1. The zero-order chi connectivity index (χ0) is 17.3. The van der Waals surface area contributed by atoms with Gasteiger partial charge in [0.15, 0.2) is 0 Å². The van der Waals surface area contributed by atoms with Crippen LogP contribution in [-0.2, 0) is 10.0 Å². The Morgan fingerprint density at radius 2 is 2.00 bits per heavy atom. The number of carbonyl (C=O) groups is 1. The maximum atomic E-state index is 12.8. The van der Waals surface area contributed by atoms with E-state index in [9.17, 15) is 13.2 Å². The molecule has 0 saturated carbocycles. The maximum absolute atomic E-state index is 12.8. The standard InChI is InChI=1S/C17H23ClN2O3S/c1-13-5-4-8-19(12-13)17(21)15-11-14(6-7-16(15)18)20-9-2-3-10-24(20,22)23/h6-7,11,13H,2-5,8-10,12H2,1H3. The first-order valence-corrected chi connectivity index (χ1v) is 10.5. The van der Waals surface area contributed by atoms with Crippen molar-refractivity contribution in [2.75, 3.05) is 29.7 Å². The predicted octanol–water partition coefficient (Wildman–Crippen LogP) is 3.14. The average Bonchev–Trinajstić information content (AvgIpc) is 2.55. The van der Waals surface area contributed by atoms with Gasteiger partial charge in [0, 0.05) is 19.6 Å². The van der Waals surface area contributed by atoms with Crippen LogP contribution in [0.3, 0.4) is 0 Å². The van der Waals surface area contributed by atoms with E-state index in [1.165, 1.54) is 4.31 Å². The molecular weight excluding hydrogens is 348 g/mol. The van der Waals surface area contributed by atoms with Crippen molar-refractivity contribution in [3.63, 3.8) is 0 Å². The summed E-state index contributed by atoms with van der Waals surface area (Å²) in [6, 6.07) is 4.94. The molecule has 24 heavy (non-hydrogen) atoms. The third-order valence-corrected chi connectivity index (χ3v) is 6.96. The third kappa shape index (κ3) is 3.54. The highest BCUT2D eigenvalue weighted by Gasteiger charge is 2.28. The summed E-state index contributed by atoms with van der Waals surface area (Å²) in [5.74, 6) is 0.526. The lowest BCUT2D eigenvalue weighted by Crippen LogP contribution is -2.40. The molecule has 7 heteroatoms. The van der Waals surface area contributed by atoms with Crippen LogP contribution in [-0.4, -0.2) is 44.6 Å². The molecule has 0 spiro atoms. The van der Waals surface area contributed by atoms with Crippen LogP contribution in [0.15, 0.2) is 18.2 Å². The molecule has 2 saturated heterocycles. The summed E-state index contributed by atoms with van der Waals surface area (Å²) in [7, 11) is -3.30. The van der Waals surface area contributed by atoms with Crippen molar-refractivity contribution in [2.45, 2.75) is 32.6 Å². The fourth-order valence-electron chi connectivity index (χ4n) is 3.46. The van der Waals surface area contributed by atoms with Gasteiger partial charge < -0.3 is 4.90 Å². The van der Waals surface area contributed by atoms with Crippen molar-refractivity contribution in [2.24, 2.45) is 5.92 Å². The molecule has 2 aliphatic heterocycles. The Hall–Kier alpha value is -1.27. The van der Waals surface area contributed by atoms with E-state index in [2.05, 4.69) is 6.92 Å². The largest absolute Gasteiger partial charge is 0.338 e. The highest BCUT2D eigenvalue weighted by molar-refractivity contribution is 7.92. The van der Waals surface area contributed by atoms with Crippen LogP contribution in [0.1, 0.15) is 43.0 Å². The summed E-state index contributed by atoms with van der Waals surface area (Å²) in [6.07, 6.45) is 3.63. The molecule has 0 radical (unpaired) electrons. The minimum atomic E-state index is -3.30. The van der Waals surface area contributed by atoms with E-state index in [4.69, 9.17) is 11.6 Å². The van der Waals surface area contributed by atoms with Gasteiger partial charge >= 0.3 is 0 Å². The van der Waals surface area contributed by atoms with E-state index >= 15 is 0 Å². The molecule has 5 nitrogen and oxygen atoms in total. The first-order chi connectivity index (χ1) is 11.4. The van der Waals surface area contributed by atoms with E-state index in [0.29, 0.717) is 35.2 Å². The number of likely N-dealkylation sites (tertiary alicyclic amines) is 1. The van der Waals surface area contributed by atoms with Crippen molar-refractivity contribution < 1.29 is 13.2 Å². The quantitative estimate of drug-likeness (QED) is 0.803. The van der Waals surface area contributed by atoms with E-state index in [1.54, 1.807) is 18.2 Å². The number of piperidine rings is 1. The first-order valence-electron chi connectivity index (χ1n) is 8.48. The average molecular weight is 371 g/mol. The van der Waals surface area contributed by atoms with Crippen LogP contribution >= 0.6 is 11.6 Å². The molecule has 132 valence electrons. The summed E-state index contributed by atoms with van der Waals surface area (Å²) in [5.41, 5.74) is 0.927. The lowest BCUT2D eigenvalue weighted by atomic mass is 9.99. The SMILES string of the molecule is CC1CCCN(C(=O)c2cc(N3CCCCS3(=O)=O)ccc2Cl)C1. The lowest BCUT2D eigenvalue weighted by molar-refractivity contribution is 0.0683. The number of amides is 1. The molecule has 0 bridgehead atoms. The van der Waals surface area contributed by atoms with E-state index in [0.717, 1.165) is 32.4 Å². The van der Waals surface area contributed by atoms with Gasteiger partial charge in [-0.15, -0.1) is 0 Å². The van der Waals surface area contributed by atoms with Crippen LogP contribution in [0, 0.1) is 5.92 Å². The van der Waals surface area contributed by atoms with E-state index in [-0.39, 0.29) is 11.7 Å². The molecule has 1 aromatic carbocycles. The van der Waals surface area contributed by atoms with Gasteiger partial charge in [-0.05, 0) is 49.8 Å². The molecule has 1 amide bonds. The Morgan fingerprint density at radius 3 is 2.71 bits per heavy atom. The number of anilines is 1. The number of hydrogen-bond acceptors (Lipinski definition) is 3. The van der Waals surface area contributed by atoms with Gasteiger partial charge in [0.05, 0.1) is 22.0 Å². The van der Waals surface area contributed by atoms with Gasteiger partial charge in [0.25, 0.3) is 5.91 Å². The topological polar surface area (TPSA) is 57.7 Å². The fourth-order valence-corrected chi connectivity index (χ4v) is 5.29.